The molecule has 19 heteroatoms. The van der Waals surface area contributed by atoms with Crippen molar-refractivity contribution in [2.45, 2.75) is 115 Å². The number of piperazine rings is 1. The number of amides is 3. The highest BCUT2D eigenvalue weighted by molar-refractivity contribution is 6.02. The summed E-state index contributed by atoms with van der Waals surface area (Å²) in [5.41, 5.74) is 12.2. The molecular formula is C48H58FN13O5. The normalized spacial score (nSPS) is 24.8. The number of fused-ring (bicyclic) bond motifs is 1. The molecule has 1 spiro atoms. The Morgan fingerprint density at radius 1 is 0.985 bits per heavy atom. The topological polar surface area (TPSA) is 216 Å². The van der Waals surface area contributed by atoms with Crippen molar-refractivity contribution < 1.29 is 28.0 Å². The summed E-state index contributed by atoms with van der Waals surface area (Å²) in [6, 6.07) is 4.48. The first-order valence-corrected chi connectivity index (χ1v) is 24.0. The summed E-state index contributed by atoms with van der Waals surface area (Å²) in [6.45, 7) is 11.6. The van der Waals surface area contributed by atoms with Gasteiger partial charge in [0.25, 0.3) is 0 Å². The standard InChI is InChI=1S/C48H58FN13O5/c1-26(2)62-45-39(43(50)52-25-53-45)40(57-62)41-38(42(67-58-41)30-4-5-30)44-51-23-33(27(3)54-44)29-10-12-61(13-11-29)47(65)66-32-21-48(22-32)19-28(20-48)24-59-14-16-60(17-15-59)36-8-6-31(18-34(36)49)55-35-7-9-37(63)56-46(35)64/h6,8,18,23,25-26,28-30,32,35,55H,4-5,7,9-17,19-22,24H2,1-3H3,(H2,50,52,53)(H,56,63,64). The SMILES string of the molecule is Cc1nc(-c2c(-c3nn(C(C)C)c4ncnc(N)c34)noc2C2CC2)ncc1C1CCN(C(=O)OC2CC3(CC(CN4CCN(c5ccc(NC6CCC(=O)NC6=O)cc5F)CC4)C3)C2)CC1. The van der Waals surface area contributed by atoms with Crippen molar-refractivity contribution in [3.8, 4) is 22.8 Å². The largest absolute Gasteiger partial charge is 0.446 e. The lowest BCUT2D eigenvalue weighted by atomic mass is 9.50. The third-order valence-corrected chi connectivity index (χ3v) is 15.1. The molecule has 352 valence electrons. The first-order chi connectivity index (χ1) is 32.4. The second-order valence-corrected chi connectivity index (χ2v) is 20.2. The Hall–Kier alpha value is -6.24. The van der Waals surface area contributed by atoms with Crippen LogP contribution in [0.3, 0.4) is 0 Å². The molecule has 3 aliphatic heterocycles. The number of nitrogens with zero attached hydrogens (tertiary/aromatic N) is 10. The number of nitrogens with one attached hydrogen (secondary N) is 2. The van der Waals surface area contributed by atoms with Crippen molar-refractivity contribution in [2.24, 2.45) is 11.3 Å². The van der Waals surface area contributed by atoms with Gasteiger partial charge in [-0.15, -0.1) is 0 Å². The zero-order valence-corrected chi connectivity index (χ0v) is 38.3. The maximum absolute atomic E-state index is 15.2. The summed E-state index contributed by atoms with van der Waals surface area (Å²) < 4.78 is 29.1. The molecule has 3 saturated carbocycles. The number of rotatable bonds is 11. The number of piperidine rings is 2. The number of likely N-dealkylation sites (tertiary alicyclic amines) is 1. The van der Waals surface area contributed by atoms with Crippen molar-refractivity contribution in [2.75, 3.05) is 61.8 Å². The van der Waals surface area contributed by atoms with Crippen LogP contribution in [0.2, 0.25) is 0 Å². The van der Waals surface area contributed by atoms with Gasteiger partial charge in [-0.3, -0.25) is 19.8 Å². The number of ether oxygens (including phenoxy) is 1. The summed E-state index contributed by atoms with van der Waals surface area (Å²) in [5.74, 6) is 1.74. The lowest BCUT2D eigenvalue weighted by Gasteiger charge is -2.58. The number of halogens is 1. The van der Waals surface area contributed by atoms with Gasteiger partial charge in [0.2, 0.25) is 11.8 Å². The minimum Gasteiger partial charge on any atom is -0.446 e. The molecule has 3 amide bonds. The van der Waals surface area contributed by atoms with E-state index in [4.69, 9.17) is 30.1 Å². The Bertz CT molecular complexity index is 2720. The highest BCUT2D eigenvalue weighted by Gasteiger charge is 2.54. The number of anilines is 3. The number of hydrogen-bond acceptors (Lipinski definition) is 15. The molecule has 3 saturated heterocycles. The number of carbonyl (C=O) groups excluding carboxylic acids is 3. The molecule has 1 atom stereocenters. The van der Waals surface area contributed by atoms with E-state index in [0.717, 1.165) is 107 Å². The van der Waals surface area contributed by atoms with Crippen molar-refractivity contribution in [1.82, 2.24) is 50.0 Å². The van der Waals surface area contributed by atoms with Crippen LogP contribution in [-0.2, 0) is 14.3 Å². The fourth-order valence-corrected chi connectivity index (χ4v) is 11.5. The van der Waals surface area contributed by atoms with E-state index in [1.165, 1.54) is 12.4 Å². The van der Waals surface area contributed by atoms with E-state index < -0.39 is 6.04 Å². The number of hydrogen-bond donors (Lipinski definition) is 3. The Kier molecular flexibility index (Phi) is 11.1. The minimum absolute atomic E-state index is 0.0256. The summed E-state index contributed by atoms with van der Waals surface area (Å²) in [4.78, 5) is 62.1. The zero-order valence-electron chi connectivity index (χ0n) is 38.3. The number of aromatic nitrogens is 7. The van der Waals surface area contributed by atoms with Gasteiger partial charge in [-0.05, 0) is 120 Å². The molecule has 0 bridgehead atoms. The first kappa shape index (κ1) is 43.3. The van der Waals surface area contributed by atoms with E-state index in [-0.39, 0.29) is 54.1 Å². The lowest BCUT2D eigenvalue weighted by Crippen LogP contribution is -2.56. The first-order valence-electron chi connectivity index (χ1n) is 24.0. The quantitative estimate of drug-likeness (QED) is 0.123. The van der Waals surface area contributed by atoms with Crippen LogP contribution < -0.4 is 21.3 Å². The van der Waals surface area contributed by atoms with Gasteiger partial charge in [0.1, 0.15) is 41.5 Å². The van der Waals surface area contributed by atoms with Gasteiger partial charge in [0.05, 0.1) is 16.6 Å². The third kappa shape index (κ3) is 8.32. The lowest BCUT2D eigenvalue weighted by molar-refractivity contribution is -0.133. The van der Waals surface area contributed by atoms with Crippen molar-refractivity contribution >= 4 is 46.1 Å². The monoisotopic (exact) mass is 915 g/mol. The molecule has 1 unspecified atom stereocenters. The van der Waals surface area contributed by atoms with E-state index in [2.05, 4.69) is 35.6 Å². The average Bonchev–Trinajstić information content (AvgIpc) is 3.91. The van der Waals surface area contributed by atoms with Crippen LogP contribution in [0, 0.1) is 24.1 Å². The van der Waals surface area contributed by atoms with E-state index in [9.17, 15) is 14.4 Å². The van der Waals surface area contributed by atoms with Gasteiger partial charge in [-0.2, -0.15) is 5.10 Å². The third-order valence-electron chi connectivity index (χ3n) is 15.1. The molecule has 6 fully saturated rings. The van der Waals surface area contributed by atoms with Crippen molar-refractivity contribution in [3.05, 3.63) is 53.6 Å². The van der Waals surface area contributed by atoms with Crippen LogP contribution >= 0.6 is 0 Å². The van der Waals surface area contributed by atoms with Gasteiger partial charge in [-0.1, -0.05) is 5.16 Å². The zero-order chi connectivity index (χ0) is 46.1. The second-order valence-electron chi connectivity index (χ2n) is 20.2. The van der Waals surface area contributed by atoms with Gasteiger partial charge < -0.3 is 30.1 Å². The second kappa shape index (κ2) is 17.1. The molecule has 7 heterocycles. The molecule has 6 aliphatic rings. The number of nitrogen functional groups attached to an aromatic ring is 1. The smallest absolute Gasteiger partial charge is 0.410 e. The Morgan fingerprint density at radius 2 is 1.76 bits per heavy atom. The van der Waals surface area contributed by atoms with E-state index >= 15 is 4.39 Å². The summed E-state index contributed by atoms with van der Waals surface area (Å²) in [6.07, 6.45) is 11.6. The number of benzene rings is 1. The average molecular weight is 916 g/mol. The maximum atomic E-state index is 15.2. The van der Waals surface area contributed by atoms with Crippen molar-refractivity contribution in [3.63, 3.8) is 0 Å². The van der Waals surface area contributed by atoms with Crippen LogP contribution in [0.25, 0.3) is 33.8 Å². The van der Waals surface area contributed by atoms with Crippen LogP contribution in [0.15, 0.2) is 35.2 Å². The summed E-state index contributed by atoms with van der Waals surface area (Å²) in [7, 11) is 0. The molecule has 18 nitrogen and oxygen atoms in total. The Labute approximate surface area is 387 Å². The molecule has 3 aliphatic carbocycles. The number of carbonyl (C=O) groups is 3. The van der Waals surface area contributed by atoms with Crippen LogP contribution in [0.5, 0.6) is 0 Å². The molecular weight excluding hydrogens is 858 g/mol. The molecule has 11 rings (SSSR count). The Balaban J connectivity index is 0.635. The molecule has 4 aromatic heterocycles. The Morgan fingerprint density at radius 3 is 2.46 bits per heavy atom. The molecule has 0 radical (unpaired) electrons. The fraction of sp³-hybridized carbons (Fsp3) is 0.562. The van der Waals surface area contributed by atoms with Crippen molar-refractivity contribution in [1.29, 1.82) is 0 Å². The van der Waals surface area contributed by atoms with Crippen LogP contribution in [0.1, 0.15) is 113 Å². The molecule has 4 N–H and O–H groups in total. The fourth-order valence-electron chi connectivity index (χ4n) is 11.5. The summed E-state index contributed by atoms with van der Waals surface area (Å²) >= 11 is 0. The van der Waals surface area contributed by atoms with E-state index in [1.54, 1.807) is 12.1 Å². The van der Waals surface area contributed by atoms with E-state index in [1.807, 2.05) is 36.5 Å². The van der Waals surface area contributed by atoms with E-state index in [0.29, 0.717) is 76.3 Å². The highest BCUT2D eigenvalue weighted by atomic mass is 19.1. The number of nitrogens with two attached hydrogens (primary N) is 1. The van der Waals surface area contributed by atoms with Crippen LogP contribution in [-0.4, -0.2) is 121 Å². The van der Waals surface area contributed by atoms with Crippen LogP contribution in [0.4, 0.5) is 26.4 Å². The maximum Gasteiger partial charge on any atom is 0.410 e. The highest BCUT2D eigenvalue weighted by Crippen LogP contribution is 2.60. The van der Waals surface area contributed by atoms with Gasteiger partial charge >= 0.3 is 6.09 Å². The molecule has 67 heavy (non-hydrogen) atoms. The predicted octanol–water partition coefficient (Wildman–Crippen LogP) is 6.34. The van der Waals surface area contributed by atoms with Gasteiger partial charge in [0.15, 0.2) is 17.2 Å². The van der Waals surface area contributed by atoms with Gasteiger partial charge in [0, 0.05) is 81.8 Å². The molecule has 1 aromatic carbocycles. The predicted molar refractivity (Wildman–Crippen MR) is 246 cm³/mol. The number of aryl methyl sites for hydroxylation is 1. The van der Waals surface area contributed by atoms with Gasteiger partial charge in [-0.25, -0.2) is 33.8 Å². The number of imide groups is 1. The minimum atomic E-state index is -0.552. The summed E-state index contributed by atoms with van der Waals surface area (Å²) in [5, 5.41) is 15.5. The molecule has 5 aromatic rings.